The standard InChI is InChI=1S/C15H25N/c1-14(2,3)12-16-15(4,5)11-13-9-7-6-8-10-13/h6-10,16H,11-12H2,1-5H3. The lowest BCUT2D eigenvalue weighted by atomic mass is 9.91. The summed E-state index contributed by atoms with van der Waals surface area (Å²) in [5, 5.41) is 3.65. The van der Waals surface area contributed by atoms with Crippen LogP contribution in [-0.2, 0) is 6.42 Å². The maximum atomic E-state index is 3.65. The minimum atomic E-state index is 0.161. The van der Waals surface area contributed by atoms with Crippen LogP contribution in [0.15, 0.2) is 30.3 Å². The van der Waals surface area contributed by atoms with E-state index in [1.807, 2.05) is 0 Å². The van der Waals surface area contributed by atoms with Gasteiger partial charge in [-0.1, -0.05) is 51.1 Å². The second kappa shape index (κ2) is 5.01. The van der Waals surface area contributed by atoms with Crippen LogP contribution in [0.2, 0.25) is 0 Å². The molecule has 1 N–H and O–H groups in total. The first-order chi connectivity index (χ1) is 7.29. The Balaban J connectivity index is 2.52. The monoisotopic (exact) mass is 219 g/mol. The van der Waals surface area contributed by atoms with E-state index in [1.165, 1.54) is 5.56 Å². The summed E-state index contributed by atoms with van der Waals surface area (Å²) in [6.07, 6.45) is 1.07. The summed E-state index contributed by atoms with van der Waals surface area (Å²) in [5.74, 6) is 0. The zero-order chi connectivity index (χ0) is 12.2. The third-order valence-electron chi connectivity index (χ3n) is 2.59. The fourth-order valence-corrected chi connectivity index (χ4v) is 1.67. The predicted octanol–water partition coefficient (Wildman–Crippen LogP) is 3.64. The molecule has 1 aromatic carbocycles. The van der Waals surface area contributed by atoms with Gasteiger partial charge in [0, 0.05) is 12.1 Å². The van der Waals surface area contributed by atoms with E-state index in [2.05, 4.69) is 70.3 Å². The van der Waals surface area contributed by atoms with E-state index in [1.54, 1.807) is 0 Å². The summed E-state index contributed by atoms with van der Waals surface area (Å²) in [5.41, 5.74) is 1.90. The van der Waals surface area contributed by atoms with Gasteiger partial charge >= 0.3 is 0 Å². The summed E-state index contributed by atoms with van der Waals surface area (Å²) in [6.45, 7) is 12.4. The Bertz CT molecular complexity index is 306. The predicted molar refractivity (Wildman–Crippen MR) is 71.7 cm³/mol. The van der Waals surface area contributed by atoms with Crippen LogP contribution < -0.4 is 5.32 Å². The van der Waals surface area contributed by atoms with Crippen molar-refractivity contribution in [1.82, 2.24) is 5.32 Å². The first-order valence-corrected chi connectivity index (χ1v) is 6.07. The van der Waals surface area contributed by atoms with Crippen molar-refractivity contribution < 1.29 is 0 Å². The first-order valence-electron chi connectivity index (χ1n) is 6.07. The van der Waals surface area contributed by atoms with Crippen molar-refractivity contribution in [1.29, 1.82) is 0 Å². The zero-order valence-corrected chi connectivity index (χ0v) is 11.3. The summed E-state index contributed by atoms with van der Waals surface area (Å²) < 4.78 is 0. The van der Waals surface area contributed by atoms with Gasteiger partial charge in [-0.2, -0.15) is 0 Å². The number of nitrogens with one attached hydrogen (secondary N) is 1. The van der Waals surface area contributed by atoms with Crippen LogP contribution in [0.5, 0.6) is 0 Å². The van der Waals surface area contributed by atoms with Crippen LogP contribution in [-0.4, -0.2) is 12.1 Å². The molecular formula is C15H25N. The minimum absolute atomic E-state index is 0.161. The Morgan fingerprint density at radius 2 is 1.50 bits per heavy atom. The Hall–Kier alpha value is -0.820. The molecule has 0 saturated carbocycles. The number of rotatable bonds is 4. The van der Waals surface area contributed by atoms with Crippen LogP contribution in [0.25, 0.3) is 0 Å². The Labute approximate surface area is 100 Å². The van der Waals surface area contributed by atoms with E-state index >= 15 is 0 Å². The highest BCUT2D eigenvalue weighted by Crippen LogP contribution is 2.16. The number of hydrogen-bond donors (Lipinski definition) is 1. The third kappa shape index (κ3) is 5.32. The molecule has 0 aliphatic carbocycles. The van der Waals surface area contributed by atoms with Crippen molar-refractivity contribution in [3.8, 4) is 0 Å². The van der Waals surface area contributed by atoms with Crippen molar-refractivity contribution >= 4 is 0 Å². The third-order valence-corrected chi connectivity index (χ3v) is 2.59. The smallest absolute Gasteiger partial charge is 0.0165 e. The van der Waals surface area contributed by atoms with E-state index in [-0.39, 0.29) is 5.54 Å². The van der Waals surface area contributed by atoms with Gasteiger partial charge in [-0.15, -0.1) is 0 Å². The fraction of sp³-hybridized carbons (Fsp3) is 0.600. The van der Waals surface area contributed by atoms with Crippen LogP contribution in [0.3, 0.4) is 0 Å². The van der Waals surface area contributed by atoms with Gasteiger partial charge in [0.2, 0.25) is 0 Å². The maximum absolute atomic E-state index is 3.65. The Morgan fingerprint density at radius 3 is 2.00 bits per heavy atom. The highest BCUT2D eigenvalue weighted by atomic mass is 15.0. The lowest BCUT2D eigenvalue weighted by Crippen LogP contribution is -2.45. The molecule has 0 amide bonds. The quantitative estimate of drug-likeness (QED) is 0.815. The number of benzene rings is 1. The molecule has 90 valence electrons. The molecule has 0 aliphatic rings. The van der Waals surface area contributed by atoms with Gasteiger partial charge in [0.25, 0.3) is 0 Å². The molecule has 1 nitrogen and oxygen atoms in total. The van der Waals surface area contributed by atoms with Gasteiger partial charge in [-0.05, 0) is 31.2 Å². The van der Waals surface area contributed by atoms with E-state index < -0.39 is 0 Å². The van der Waals surface area contributed by atoms with Crippen molar-refractivity contribution in [2.45, 2.75) is 46.6 Å². The normalized spacial score (nSPS) is 12.8. The van der Waals surface area contributed by atoms with E-state index in [0.717, 1.165) is 13.0 Å². The molecule has 0 unspecified atom stereocenters. The molecule has 0 bridgehead atoms. The van der Waals surface area contributed by atoms with E-state index in [0.29, 0.717) is 5.41 Å². The zero-order valence-electron chi connectivity index (χ0n) is 11.3. The highest BCUT2D eigenvalue weighted by molar-refractivity contribution is 5.17. The molecule has 0 aliphatic heterocycles. The first kappa shape index (κ1) is 13.2. The summed E-state index contributed by atoms with van der Waals surface area (Å²) >= 11 is 0. The van der Waals surface area contributed by atoms with Gasteiger partial charge in [0.05, 0.1) is 0 Å². The van der Waals surface area contributed by atoms with Crippen LogP contribution in [0, 0.1) is 5.41 Å². The summed E-state index contributed by atoms with van der Waals surface area (Å²) in [6, 6.07) is 10.7. The molecule has 0 atom stereocenters. The van der Waals surface area contributed by atoms with Crippen molar-refractivity contribution in [3.05, 3.63) is 35.9 Å². The SMILES string of the molecule is CC(C)(C)CNC(C)(C)Cc1ccccc1. The molecule has 0 spiro atoms. The van der Waals surface area contributed by atoms with Crippen LogP contribution >= 0.6 is 0 Å². The molecule has 0 heterocycles. The Morgan fingerprint density at radius 1 is 0.938 bits per heavy atom. The van der Waals surface area contributed by atoms with Gasteiger partial charge < -0.3 is 5.32 Å². The highest BCUT2D eigenvalue weighted by Gasteiger charge is 2.20. The fourth-order valence-electron chi connectivity index (χ4n) is 1.67. The average molecular weight is 219 g/mol. The second-order valence-corrected chi connectivity index (χ2v) is 6.46. The molecule has 16 heavy (non-hydrogen) atoms. The molecule has 1 heteroatoms. The van der Waals surface area contributed by atoms with Gasteiger partial charge in [0.15, 0.2) is 0 Å². The van der Waals surface area contributed by atoms with Crippen LogP contribution in [0.4, 0.5) is 0 Å². The second-order valence-electron chi connectivity index (χ2n) is 6.46. The molecule has 0 aromatic heterocycles. The molecule has 1 aromatic rings. The molecular weight excluding hydrogens is 194 g/mol. The maximum Gasteiger partial charge on any atom is 0.0165 e. The van der Waals surface area contributed by atoms with Crippen molar-refractivity contribution in [2.75, 3.05) is 6.54 Å². The lowest BCUT2D eigenvalue weighted by molar-refractivity contribution is 0.298. The van der Waals surface area contributed by atoms with E-state index in [4.69, 9.17) is 0 Å². The molecule has 0 fully saturated rings. The lowest BCUT2D eigenvalue weighted by Gasteiger charge is -2.31. The molecule has 1 rings (SSSR count). The van der Waals surface area contributed by atoms with Gasteiger partial charge in [-0.3, -0.25) is 0 Å². The van der Waals surface area contributed by atoms with Gasteiger partial charge in [0.1, 0.15) is 0 Å². The van der Waals surface area contributed by atoms with Crippen LogP contribution in [0.1, 0.15) is 40.2 Å². The van der Waals surface area contributed by atoms with Crippen molar-refractivity contribution in [2.24, 2.45) is 5.41 Å². The topological polar surface area (TPSA) is 12.0 Å². The average Bonchev–Trinajstić information content (AvgIpc) is 2.15. The van der Waals surface area contributed by atoms with E-state index in [9.17, 15) is 0 Å². The Kier molecular flexibility index (Phi) is 4.15. The summed E-state index contributed by atoms with van der Waals surface area (Å²) in [4.78, 5) is 0. The molecule has 0 saturated heterocycles. The molecule has 0 radical (unpaired) electrons. The van der Waals surface area contributed by atoms with Crippen molar-refractivity contribution in [3.63, 3.8) is 0 Å². The number of hydrogen-bond acceptors (Lipinski definition) is 1. The minimum Gasteiger partial charge on any atom is -0.311 e. The van der Waals surface area contributed by atoms with Gasteiger partial charge in [-0.25, -0.2) is 0 Å². The largest absolute Gasteiger partial charge is 0.311 e. The summed E-state index contributed by atoms with van der Waals surface area (Å²) in [7, 11) is 0.